The van der Waals surface area contributed by atoms with Gasteiger partial charge in [-0.15, -0.1) is 12.4 Å². The van der Waals surface area contributed by atoms with E-state index >= 15 is 0 Å². The third-order valence-electron chi connectivity index (χ3n) is 2.42. The Bertz CT molecular complexity index is 520. The molecule has 0 radical (unpaired) electrons. The van der Waals surface area contributed by atoms with Crippen LogP contribution in [0.2, 0.25) is 0 Å². The summed E-state index contributed by atoms with van der Waals surface area (Å²) in [6.07, 6.45) is 1.79. The average Bonchev–Trinajstić information content (AvgIpc) is 2.40. The van der Waals surface area contributed by atoms with E-state index < -0.39 is 0 Å². The second kappa shape index (κ2) is 7.44. The predicted octanol–water partition coefficient (Wildman–Crippen LogP) is 2.66. The van der Waals surface area contributed by atoms with Crippen molar-refractivity contribution >= 4 is 12.4 Å². The smallest absolute Gasteiger partial charge is 0.0991 e. The first-order valence-electron chi connectivity index (χ1n) is 5.48. The molecule has 0 spiro atoms. The van der Waals surface area contributed by atoms with Gasteiger partial charge in [-0.1, -0.05) is 18.2 Å². The number of nitrogens with one attached hydrogen (secondary N) is 1. The van der Waals surface area contributed by atoms with Crippen LogP contribution in [0.15, 0.2) is 48.7 Å². The summed E-state index contributed by atoms with van der Waals surface area (Å²) in [6, 6.07) is 15.6. The molecule has 0 bridgehead atoms. The summed E-state index contributed by atoms with van der Waals surface area (Å²) in [7, 11) is 0. The Morgan fingerprint density at radius 1 is 1.11 bits per heavy atom. The number of aromatic nitrogens is 1. The number of halogens is 1. The molecular weight excluding hydrogens is 246 g/mol. The van der Waals surface area contributed by atoms with Gasteiger partial charge in [-0.3, -0.25) is 4.98 Å². The van der Waals surface area contributed by atoms with Gasteiger partial charge >= 0.3 is 0 Å². The molecule has 18 heavy (non-hydrogen) atoms. The average molecular weight is 260 g/mol. The Labute approximate surface area is 113 Å². The fourth-order valence-corrected chi connectivity index (χ4v) is 1.59. The molecule has 0 unspecified atom stereocenters. The molecule has 1 aromatic heterocycles. The molecule has 1 aromatic carbocycles. The second-order valence-electron chi connectivity index (χ2n) is 3.74. The lowest BCUT2D eigenvalue weighted by Crippen LogP contribution is -2.13. The molecule has 2 aromatic rings. The summed E-state index contributed by atoms with van der Waals surface area (Å²) < 4.78 is 0. The van der Waals surface area contributed by atoms with Crippen molar-refractivity contribution in [2.45, 2.75) is 13.1 Å². The third kappa shape index (κ3) is 4.17. The Hall–Kier alpha value is -1.89. The molecular formula is C14H14ClN3. The minimum atomic E-state index is 0. The number of pyridine rings is 1. The third-order valence-corrected chi connectivity index (χ3v) is 2.42. The van der Waals surface area contributed by atoms with E-state index in [-0.39, 0.29) is 12.4 Å². The molecule has 0 saturated heterocycles. The molecule has 3 nitrogen and oxygen atoms in total. The summed E-state index contributed by atoms with van der Waals surface area (Å²) in [6.45, 7) is 1.48. The van der Waals surface area contributed by atoms with Crippen molar-refractivity contribution < 1.29 is 0 Å². The first-order chi connectivity index (χ1) is 8.38. The fourth-order valence-electron chi connectivity index (χ4n) is 1.59. The van der Waals surface area contributed by atoms with E-state index in [4.69, 9.17) is 5.26 Å². The summed E-state index contributed by atoms with van der Waals surface area (Å²) in [5.41, 5.74) is 2.83. The zero-order valence-electron chi connectivity index (χ0n) is 9.84. The standard InChI is InChI=1S/C14H13N3.ClH/c15-9-12-4-3-5-13(8-12)10-16-11-14-6-1-2-7-17-14;/h1-8,16H,10-11H2;1H. The molecule has 0 fully saturated rings. The zero-order valence-corrected chi connectivity index (χ0v) is 10.7. The largest absolute Gasteiger partial charge is 0.307 e. The summed E-state index contributed by atoms with van der Waals surface area (Å²) in [5, 5.41) is 12.1. The van der Waals surface area contributed by atoms with Crippen molar-refractivity contribution in [1.29, 1.82) is 5.26 Å². The van der Waals surface area contributed by atoms with Crippen molar-refractivity contribution in [3.8, 4) is 6.07 Å². The maximum atomic E-state index is 8.79. The topological polar surface area (TPSA) is 48.7 Å². The highest BCUT2D eigenvalue weighted by molar-refractivity contribution is 5.85. The lowest BCUT2D eigenvalue weighted by molar-refractivity contribution is 0.679. The molecule has 0 saturated carbocycles. The number of benzene rings is 1. The normalized spacial score (nSPS) is 9.28. The van der Waals surface area contributed by atoms with Crippen LogP contribution in [0.5, 0.6) is 0 Å². The van der Waals surface area contributed by atoms with Crippen molar-refractivity contribution in [3.05, 3.63) is 65.5 Å². The van der Waals surface area contributed by atoms with Gasteiger partial charge in [0.1, 0.15) is 0 Å². The maximum Gasteiger partial charge on any atom is 0.0991 e. The van der Waals surface area contributed by atoms with Gasteiger partial charge in [-0.05, 0) is 29.8 Å². The summed E-state index contributed by atoms with van der Waals surface area (Å²) in [4.78, 5) is 4.23. The Kier molecular flexibility index (Phi) is 5.86. The van der Waals surface area contributed by atoms with E-state index in [0.717, 1.165) is 24.3 Å². The highest BCUT2D eigenvalue weighted by Crippen LogP contribution is 2.04. The van der Waals surface area contributed by atoms with Crippen molar-refractivity contribution in [3.63, 3.8) is 0 Å². The lowest BCUT2D eigenvalue weighted by atomic mass is 10.1. The number of hydrogen-bond donors (Lipinski definition) is 1. The predicted molar refractivity (Wildman–Crippen MR) is 73.2 cm³/mol. The molecule has 0 amide bonds. The van der Waals surface area contributed by atoms with Gasteiger partial charge in [-0.25, -0.2) is 0 Å². The first kappa shape index (κ1) is 14.2. The van der Waals surface area contributed by atoms with Gasteiger partial charge in [0.25, 0.3) is 0 Å². The van der Waals surface area contributed by atoms with E-state index in [1.807, 2.05) is 42.5 Å². The molecule has 0 aliphatic heterocycles. The summed E-state index contributed by atoms with van der Waals surface area (Å²) in [5.74, 6) is 0. The molecule has 2 rings (SSSR count). The molecule has 92 valence electrons. The SMILES string of the molecule is Cl.N#Cc1cccc(CNCc2ccccn2)c1. The van der Waals surface area contributed by atoms with Crippen molar-refractivity contribution in [2.75, 3.05) is 0 Å². The molecule has 0 aliphatic carbocycles. The molecule has 1 N–H and O–H groups in total. The second-order valence-corrected chi connectivity index (χ2v) is 3.74. The summed E-state index contributed by atoms with van der Waals surface area (Å²) >= 11 is 0. The van der Waals surface area contributed by atoms with E-state index in [1.54, 1.807) is 6.20 Å². The van der Waals surface area contributed by atoms with Crippen LogP contribution in [-0.2, 0) is 13.1 Å². The van der Waals surface area contributed by atoms with E-state index in [9.17, 15) is 0 Å². The van der Waals surface area contributed by atoms with Gasteiger partial charge in [0, 0.05) is 19.3 Å². The Balaban J connectivity index is 0.00000162. The highest BCUT2D eigenvalue weighted by atomic mass is 35.5. The van der Waals surface area contributed by atoms with Crippen LogP contribution < -0.4 is 5.32 Å². The van der Waals surface area contributed by atoms with E-state index in [2.05, 4.69) is 16.4 Å². The fraction of sp³-hybridized carbons (Fsp3) is 0.143. The van der Waals surface area contributed by atoms with Gasteiger partial charge in [-0.2, -0.15) is 5.26 Å². The van der Waals surface area contributed by atoms with Crippen LogP contribution in [0.25, 0.3) is 0 Å². The van der Waals surface area contributed by atoms with Crippen LogP contribution in [0.1, 0.15) is 16.8 Å². The molecule has 4 heteroatoms. The lowest BCUT2D eigenvalue weighted by Gasteiger charge is -2.04. The quantitative estimate of drug-likeness (QED) is 0.918. The Morgan fingerprint density at radius 3 is 2.72 bits per heavy atom. The van der Waals surface area contributed by atoms with Crippen molar-refractivity contribution in [2.24, 2.45) is 0 Å². The van der Waals surface area contributed by atoms with Gasteiger partial charge in [0.15, 0.2) is 0 Å². The van der Waals surface area contributed by atoms with Crippen LogP contribution >= 0.6 is 12.4 Å². The van der Waals surface area contributed by atoms with Crippen LogP contribution in [0.4, 0.5) is 0 Å². The maximum absolute atomic E-state index is 8.79. The number of hydrogen-bond acceptors (Lipinski definition) is 3. The number of rotatable bonds is 4. The zero-order chi connectivity index (χ0) is 11.9. The minimum absolute atomic E-state index is 0. The first-order valence-corrected chi connectivity index (χ1v) is 5.48. The van der Waals surface area contributed by atoms with Gasteiger partial charge in [0.05, 0.1) is 17.3 Å². The molecule has 0 aliphatic rings. The monoisotopic (exact) mass is 259 g/mol. The van der Waals surface area contributed by atoms with E-state index in [0.29, 0.717) is 5.56 Å². The van der Waals surface area contributed by atoms with Crippen LogP contribution in [-0.4, -0.2) is 4.98 Å². The van der Waals surface area contributed by atoms with Gasteiger partial charge < -0.3 is 5.32 Å². The number of nitrogens with zero attached hydrogens (tertiary/aromatic N) is 2. The minimum Gasteiger partial charge on any atom is -0.307 e. The highest BCUT2D eigenvalue weighted by Gasteiger charge is 1.96. The van der Waals surface area contributed by atoms with E-state index in [1.165, 1.54) is 0 Å². The van der Waals surface area contributed by atoms with Crippen molar-refractivity contribution in [1.82, 2.24) is 10.3 Å². The van der Waals surface area contributed by atoms with Crippen LogP contribution in [0.3, 0.4) is 0 Å². The molecule has 1 heterocycles. The van der Waals surface area contributed by atoms with Crippen LogP contribution in [0, 0.1) is 11.3 Å². The van der Waals surface area contributed by atoms with Gasteiger partial charge in [0.2, 0.25) is 0 Å². The molecule has 0 atom stereocenters. The Morgan fingerprint density at radius 2 is 2.00 bits per heavy atom. The number of nitriles is 1.